The van der Waals surface area contributed by atoms with Crippen molar-refractivity contribution in [1.29, 1.82) is 0 Å². The van der Waals surface area contributed by atoms with Crippen LogP contribution in [0.25, 0.3) is 0 Å². The maximum atomic E-state index is 12.7. The summed E-state index contributed by atoms with van der Waals surface area (Å²) in [5.74, 6) is 0.297. The Bertz CT molecular complexity index is 928. The molecule has 2 aromatic rings. The third-order valence-corrected chi connectivity index (χ3v) is 6.68. The van der Waals surface area contributed by atoms with Gasteiger partial charge < -0.3 is 5.32 Å². The van der Waals surface area contributed by atoms with E-state index in [1.165, 1.54) is 17.7 Å². The van der Waals surface area contributed by atoms with E-state index in [0.29, 0.717) is 11.5 Å². The largest absolute Gasteiger partial charge is 0.345 e. The molecule has 0 spiro atoms. The van der Waals surface area contributed by atoms with Crippen molar-refractivity contribution in [2.75, 3.05) is 0 Å². The average Bonchev–Trinajstić information content (AvgIpc) is 3.55. The van der Waals surface area contributed by atoms with Gasteiger partial charge in [0.2, 0.25) is 10.0 Å². The summed E-state index contributed by atoms with van der Waals surface area (Å²) in [4.78, 5) is 12.9. The normalized spacial score (nSPS) is 18.1. The second-order valence-corrected chi connectivity index (χ2v) is 9.33. The van der Waals surface area contributed by atoms with E-state index in [1.807, 2.05) is 6.92 Å². The molecule has 2 aromatic carbocycles. The van der Waals surface area contributed by atoms with Crippen LogP contribution in [0.5, 0.6) is 0 Å². The van der Waals surface area contributed by atoms with Gasteiger partial charge in [0.15, 0.2) is 0 Å². The molecule has 2 saturated carbocycles. The van der Waals surface area contributed by atoms with Gasteiger partial charge in [-0.3, -0.25) is 4.79 Å². The molecule has 142 valence electrons. The van der Waals surface area contributed by atoms with Crippen LogP contribution < -0.4 is 10.0 Å². The van der Waals surface area contributed by atoms with Crippen molar-refractivity contribution in [3.05, 3.63) is 65.2 Å². The smallest absolute Gasteiger partial charge is 0.251 e. The number of rotatable bonds is 7. The van der Waals surface area contributed by atoms with E-state index in [2.05, 4.69) is 34.3 Å². The van der Waals surface area contributed by atoms with Crippen LogP contribution >= 0.6 is 0 Å². The Morgan fingerprint density at radius 1 is 0.963 bits per heavy atom. The van der Waals surface area contributed by atoms with Gasteiger partial charge in [0, 0.05) is 11.6 Å². The van der Waals surface area contributed by atoms with Gasteiger partial charge in [0.1, 0.15) is 0 Å². The molecule has 0 heterocycles. The fraction of sp³-hybridized carbons (Fsp3) is 0.381. The van der Waals surface area contributed by atoms with Crippen LogP contribution in [0.2, 0.25) is 0 Å². The molecule has 5 nitrogen and oxygen atoms in total. The first-order chi connectivity index (χ1) is 12.9. The first-order valence-electron chi connectivity index (χ1n) is 9.42. The fourth-order valence-corrected chi connectivity index (χ4v) is 4.48. The number of hydrogen-bond donors (Lipinski definition) is 2. The first-order valence-corrected chi connectivity index (χ1v) is 10.9. The molecule has 2 aliphatic rings. The van der Waals surface area contributed by atoms with Gasteiger partial charge in [-0.2, -0.15) is 0 Å². The van der Waals surface area contributed by atoms with E-state index in [0.717, 1.165) is 31.2 Å². The lowest BCUT2D eigenvalue weighted by molar-refractivity contribution is 0.0931. The molecule has 4 rings (SSSR count). The molecule has 2 N–H and O–H groups in total. The number of carbonyl (C=O) groups excluding carboxylic acids is 1. The summed E-state index contributed by atoms with van der Waals surface area (Å²) in [6.07, 6.45) is 4.01. The standard InChI is InChI=1S/C21H24N2O3S/c1-14-2-4-15(5-3-14)20(16-6-7-16)22-21(24)17-8-12-19(13-9-17)27(25,26)23-18-10-11-18/h2-5,8-9,12-13,16,18,20,23H,6-7,10-11H2,1H3,(H,22,24). The zero-order valence-electron chi connectivity index (χ0n) is 15.3. The number of sulfonamides is 1. The summed E-state index contributed by atoms with van der Waals surface area (Å²) >= 11 is 0. The fourth-order valence-electron chi connectivity index (χ4n) is 3.18. The minimum Gasteiger partial charge on any atom is -0.345 e. The molecule has 0 bridgehead atoms. The Kier molecular flexibility index (Phi) is 4.78. The SMILES string of the molecule is Cc1ccc(C(NC(=O)c2ccc(S(=O)(=O)NC3CC3)cc2)C2CC2)cc1. The highest BCUT2D eigenvalue weighted by Crippen LogP contribution is 2.41. The van der Waals surface area contributed by atoms with Crippen molar-refractivity contribution in [2.24, 2.45) is 5.92 Å². The zero-order valence-corrected chi connectivity index (χ0v) is 16.1. The molecule has 6 heteroatoms. The van der Waals surface area contributed by atoms with Crippen LogP contribution in [0, 0.1) is 12.8 Å². The van der Waals surface area contributed by atoms with Crippen molar-refractivity contribution in [1.82, 2.24) is 10.0 Å². The van der Waals surface area contributed by atoms with Crippen LogP contribution in [0.4, 0.5) is 0 Å². The quantitative estimate of drug-likeness (QED) is 0.769. The van der Waals surface area contributed by atoms with E-state index in [-0.39, 0.29) is 22.9 Å². The Balaban J connectivity index is 1.47. The van der Waals surface area contributed by atoms with Gasteiger partial charge in [-0.05, 0) is 68.4 Å². The molecule has 1 atom stereocenters. The molecule has 0 aromatic heterocycles. The van der Waals surface area contributed by atoms with Gasteiger partial charge in [0.25, 0.3) is 5.91 Å². The third kappa shape index (κ3) is 4.39. The van der Waals surface area contributed by atoms with E-state index in [9.17, 15) is 13.2 Å². The van der Waals surface area contributed by atoms with Crippen molar-refractivity contribution in [3.8, 4) is 0 Å². The molecule has 0 saturated heterocycles. The van der Waals surface area contributed by atoms with Gasteiger partial charge in [-0.15, -0.1) is 0 Å². The van der Waals surface area contributed by atoms with Crippen LogP contribution in [-0.2, 0) is 10.0 Å². The van der Waals surface area contributed by atoms with Crippen LogP contribution in [0.3, 0.4) is 0 Å². The summed E-state index contributed by atoms with van der Waals surface area (Å²) in [7, 11) is -3.49. The highest BCUT2D eigenvalue weighted by Gasteiger charge is 2.33. The van der Waals surface area contributed by atoms with E-state index in [1.54, 1.807) is 12.1 Å². The lowest BCUT2D eigenvalue weighted by atomic mass is 10.0. The number of nitrogens with one attached hydrogen (secondary N) is 2. The summed E-state index contributed by atoms with van der Waals surface area (Å²) < 4.78 is 27.1. The maximum absolute atomic E-state index is 12.7. The van der Waals surface area contributed by atoms with Crippen molar-refractivity contribution in [3.63, 3.8) is 0 Å². The van der Waals surface area contributed by atoms with E-state index in [4.69, 9.17) is 0 Å². The average molecular weight is 385 g/mol. The summed E-state index contributed by atoms with van der Waals surface area (Å²) in [6.45, 7) is 2.04. The number of carbonyl (C=O) groups is 1. The van der Waals surface area contributed by atoms with Gasteiger partial charge in [-0.1, -0.05) is 29.8 Å². The maximum Gasteiger partial charge on any atom is 0.251 e. The van der Waals surface area contributed by atoms with Gasteiger partial charge in [0.05, 0.1) is 10.9 Å². The molecule has 0 radical (unpaired) electrons. The Morgan fingerprint density at radius 3 is 2.15 bits per heavy atom. The molecule has 1 amide bonds. The summed E-state index contributed by atoms with van der Waals surface area (Å²) in [6, 6.07) is 14.5. The minimum absolute atomic E-state index is 0.00181. The third-order valence-electron chi connectivity index (χ3n) is 5.14. The highest BCUT2D eigenvalue weighted by molar-refractivity contribution is 7.89. The van der Waals surface area contributed by atoms with Crippen LogP contribution in [-0.4, -0.2) is 20.4 Å². The highest BCUT2D eigenvalue weighted by atomic mass is 32.2. The molecular formula is C21H24N2O3S. The van der Waals surface area contributed by atoms with Gasteiger partial charge in [-0.25, -0.2) is 13.1 Å². The Morgan fingerprint density at radius 2 is 1.59 bits per heavy atom. The number of hydrogen-bond acceptors (Lipinski definition) is 3. The molecule has 2 aliphatic carbocycles. The topological polar surface area (TPSA) is 75.3 Å². The molecular weight excluding hydrogens is 360 g/mol. The summed E-state index contributed by atoms with van der Waals surface area (Å²) in [5.41, 5.74) is 2.78. The predicted octanol–water partition coefficient (Wildman–Crippen LogP) is 3.32. The number of aryl methyl sites for hydroxylation is 1. The monoisotopic (exact) mass is 384 g/mol. The second-order valence-electron chi connectivity index (χ2n) is 7.62. The lowest BCUT2D eigenvalue weighted by Gasteiger charge is -2.19. The zero-order chi connectivity index (χ0) is 19.0. The number of benzene rings is 2. The molecule has 1 unspecified atom stereocenters. The van der Waals surface area contributed by atoms with E-state index >= 15 is 0 Å². The molecule has 0 aliphatic heterocycles. The van der Waals surface area contributed by atoms with Crippen molar-refractivity contribution >= 4 is 15.9 Å². The molecule has 2 fully saturated rings. The Hall–Kier alpha value is -2.18. The first kappa shape index (κ1) is 18.2. The van der Waals surface area contributed by atoms with Crippen LogP contribution in [0.15, 0.2) is 53.4 Å². The molecule has 27 heavy (non-hydrogen) atoms. The summed E-state index contributed by atoms with van der Waals surface area (Å²) in [5, 5.41) is 3.13. The van der Waals surface area contributed by atoms with Gasteiger partial charge >= 0.3 is 0 Å². The van der Waals surface area contributed by atoms with Crippen LogP contribution in [0.1, 0.15) is 53.2 Å². The lowest BCUT2D eigenvalue weighted by Crippen LogP contribution is -2.30. The predicted molar refractivity (Wildman–Crippen MR) is 104 cm³/mol. The van der Waals surface area contributed by atoms with E-state index < -0.39 is 10.0 Å². The number of amides is 1. The minimum atomic E-state index is -3.49. The van der Waals surface area contributed by atoms with Crippen molar-refractivity contribution in [2.45, 2.75) is 49.6 Å². The second kappa shape index (κ2) is 7.09. The Labute approximate surface area is 160 Å². The van der Waals surface area contributed by atoms with Crippen molar-refractivity contribution < 1.29 is 13.2 Å².